The maximum Gasteiger partial charge on any atom is 0.0939 e. The van der Waals surface area contributed by atoms with Gasteiger partial charge >= 0.3 is 0 Å². The first-order valence-corrected chi connectivity index (χ1v) is 6.93. The Bertz CT molecular complexity index is 178. The van der Waals surface area contributed by atoms with E-state index in [0.29, 0.717) is 5.92 Å². The van der Waals surface area contributed by atoms with Crippen LogP contribution in [0.2, 0.25) is 0 Å². The van der Waals surface area contributed by atoms with Crippen LogP contribution in [-0.2, 0) is 4.74 Å². The minimum Gasteiger partial charge on any atom is -0.390 e. The zero-order valence-electron chi connectivity index (χ0n) is 11.2. The lowest BCUT2D eigenvalue weighted by Crippen LogP contribution is -2.46. The molecule has 0 radical (unpaired) electrons. The molecule has 1 unspecified atom stereocenters. The van der Waals surface area contributed by atoms with Gasteiger partial charge in [0.1, 0.15) is 0 Å². The second-order valence-electron chi connectivity index (χ2n) is 5.55. The van der Waals surface area contributed by atoms with Gasteiger partial charge in [0.05, 0.1) is 11.7 Å². The Morgan fingerprint density at radius 3 is 2.25 bits per heavy atom. The van der Waals surface area contributed by atoms with Gasteiger partial charge < -0.3 is 9.84 Å². The fourth-order valence-electron chi connectivity index (χ4n) is 2.77. The van der Waals surface area contributed by atoms with Gasteiger partial charge in [-0.3, -0.25) is 0 Å². The SMILES string of the molecule is CCOC1(C(O)CCC(C)C)CCCCC1. The number of hydrogen-bond donors (Lipinski definition) is 1. The van der Waals surface area contributed by atoms with Crippen molar-refractivity contribution in [3.05, 3.63) is 0 Å². The molecule has 2 heteroatoms. The normalized spacial score (nSPS) is 22.3. The molecule has 0 aromatic carbocycles. The van der Waals surface area contributed by atoms with E-state index in [1.165, 1.54) is 19.3 Å². The van der Waals surface area contributed by atoms with Gasteiger partial charge in [0.25, 0.3) is 0 Å². The highest BCUT2D eigenvalue weighted by atomic mass is 16.5. The third-order valence-electron chi connectivity index (χ3n) is 3.76. The van der Waals surface area contributed by atoms with Gasteiger partial charge in [0, 0.05) is 6.61 Å². The molecule has 0 amide bonds. The maximum atomic E-state index is 10.4. The molecule has 0 aromatic rings. The third kappa shape index (κ3) is 3.74. The second-order valence-corrected chi connectivity index (χ2v) is 5.55. The van der Waals surface area contributed by atoms with Gasteiger partial charge in [0.2, 0.25) is 0 Å². The number of aliphatic hydroxyl groups excluding tert-OH is 1. The lowest BCUT2D eigenvalue weighted by atomic mass is 9.78. The van der Waals surface area contributed by atoms with E-state index in [4.69, 9.17) is 4.74 Å². The molecular weight excluding hydrogens is 200 g/mol. The summed E-state index contributed by atoms with van der Waals surface area (Å²) in [7, 11) is 0. The molecule has 0 heterocycles. The molecule has 96 valence electrons. The Hall–Kier alpha value is -0.0800. The molecule has 0 aliphatic heterocycles. The summed E-state index contributed by atoms with van der Waals surface area (Å²) in [5.41, 5.74) is -0.220. The molecule has 0 spiro atoms. The highest BCUT2D eigenvalue weighted by Crippen LogP contribution is 2.36. The number of hydrogen-bond acceptors (Lipinski definition) is 2. The van der Waals surface area contributed by atoms with E-state index in [9.17, 15) is 5.11 Å². The van der Waals surface area contributed by atoms with Crippen LogP contribution in [0.15, 0.2) is 0 Å². The minimum absolute atomic E-state index is 0.220. The minimum atomic E-state index is -0.268. The average molecular weight is 228 g/mol. The Labute approximate surface area is 100 Å². The molecule has 1 rings (SSSR count). The maximum absolute atomic E-state index is 10.4. The molecular formula is C14H28O2. The lowest BCUT2D eigenvalue weighted by Gasteiger charge is -2.41. The summed E-state index contributed by atoms with van der Waals surface area (Å²) in [5, 5.41) is 10.4. The van der Waals surface area contributed by atoms with Crippen LogP contribution in [0.4, 0.5) is 0 Å². The molecule has 1 fully saturated rings. The number of rotatable bonds is 6. The fraction of sp³-hybridized carbons (Fsp3) is 1.00. The largest absolute Gasteiger partial charge is 0.390 e. The first kappa shape index (κ1) is 14.0. The van der Waals surface area contributed by atoms with Gasteiger partial charge in [-0.25, -0.2) is 0 Å². The van der Waals surface area contributed by atoms with Gasteiger partial charge in [-0.15, -0.1) is 0 Å². The highest BCUT2D eigenvalue weighted by molar-refractivity contribution is 4.91. The Morgan fingerprint density at radius 1 is 1.12 bits per heavy atom. The monoisotopic (exact) mass is 228 g/mol. The molecule has 1 N–H and O–H groups in total. The van der Waals surface area contributed by atoms with Crippen molar-refractivity contribution in [3.8, 4) is 0 Å². The van der Waals surface area contributed by atoms with Crippen molar-refractivity contribution >= 4 is 0 Å². The smallest absolute Gasteiger partial charge is 0.0939 e. The molecule has 16 heavy (non-hydrogen) atoms. The Morgan fingerprint density at radius 2 is 1.75 bits per heavy atom. The molecule has 1 atom stereocenters. The molecule has 1 saturated carbocycles. The predicted molar refractivity (Wildman–Crippen MR) is 67.5 cm³/mol. The van der Waals surface area contributed by atoms with Gasteiger partial charge in [-0.05, 0) is 38.5 Å². The summed E-state index contributed by atoms with van der Waals surface area (Å²) < 4.78 is 5.91. The van der Waals surface area contributed by atoms with Crippen LogP contribution in [-0.4, -0.2) is 23.4 Å². The van der Waals surface area contributed by atoms with Crippen LogP contribution in [0.1, 0.15) is 65.7 Å². The Kier molecular flexibility index (Phi) is 5.77. The topological polar surface area (TPSA) is 29.5 Å². The highest BCUT2D eigenvalue weighted by Gasteiger charge is 2.39. The first-order valence-electron chi connectivity index (χ1n) is 6.93. The van der Waals surface area contributed by atoms with Gasteiger partial charge in [-0.1, -0.05) is 33.1 Å². The molecule has 0 aromatic heterocycles. The van der Waals surface area contributed by atoms with Crippen molar-refractivity contribution in [3.63, 3.8) is 0 Å². The van der Waals surface area contributed by atoms with Gasteiger partial charge in [0.15, 0.2) is 0 Å². The van der Waals surface area contributed by atoms with Crippen molar-refractivity contribution in [2.45, 2.75) is 77.4 Å². The summed E-state index contributed by atoms with van der Waals surface area (Å²) in [5.74, 6) is 0.664. The summed E-state index contributed by atoms with van der Waals surface area (Å²) in [4.78, 5) is 0. The van der Waals surface area contributed by atoms with E-state index in [1.54, 1.807) is 0 Å². The third-order valence-corrected chi connectivity index (χ3v) is 3.76. The summed E-state index contributed by atoms with van der Waals surface area (Å²) in [6.07, 6.45) is 7.51. The van der Waals surface area contributed by atoms with Crippen LogP contribution in [0.25, 0.3) is 0 Å². The quantitative estimate of drug-likeness (QED) is 0.753. The van der Waals surface area contributed by atoms with Crippen LogP contribution in [0, 0.1) is 5.92 Å². The zero-order chi connectivity index (χ0) is 12.0. The molecule has 1 aliphatic rings. The van der Waals surface area contributed by atoms with Crippen molar-refractivity contribution in [2.24, 2.45) is 5.92 Å². The van der Waals surface area contributed by atoms with E-state index in [0.717, 1.165) is 32.3 Å². The molecule has 0 saturated heterocycles. The summed E-state index contributed by atoms with van der Waals surface area (Å²) in [6, 6.07) is 0. The number of ether oxygens (including phenoxy) is 1. The number of aliphatic hydroxyl groups is 1. The van der Waals surface area contributed by atoms with E-state index in [2.05, 4.69) is 13.8 Å². The van der Waals surface area contributed by atoms with E-state index >= 15 is 0 Å². The standard InChI is InChI=1S/C14H28O2/c1-4-16-14(10-6-5-7-11-14)13(15)9-8-12(2)3/h12-13,15H,4-11H2,1-3H3. The van der Waals surface area contributed by atoms with Crippen LogP contribution in [0.5, 0.6) is 0 Å². The average Bonchev–Trinajstić information content (AvgIpc) is 2.27. The van der Waals surface area contributed by atoms with E-state index in [-0.39, 0.29) is 11.7 Å². The zero-order valence-corrected chi connectivity index (χ0v) is 11.2. The van der Waals surface area contributed by atoms with Crippen molar-refractivity contribution < 1.29 is 9.84 Å². The Balaban J connectivity index is 2.53. The van der Waals surface area contributed by atoms with Crippen molar-refractivity contribution in [1.82, 2.24) is 0 Å². The predicted octanol–water partition coefficient (Wildman–Crippen LogP) is 3.52. The summed E-state index contributed by atoms with van der Waals surface area (Å²) >= 11 is 0. The van der Waals surface area contributed by atoms with Crippen LogP contribution < -0.4 is 0 Å². The molecule has 0 bridgehead atoms. The lowest BCUT2D eigenvalue weighted by molar-refractivity contribution is -0.142. The molecule has 2 nitrogen and oxygen atoms in total. The van der Waals surface area contributed by atoms with Crippen LogP contribution in [0.3, 0.4) is 0 Å². The van der Waals surface area contributed by atoms with Crippen molar-refractivity contribution in [2.75, 3.05) is 6.61 Å². The summed E-state index contributed by atoms with van der Waals surface area (Å²) in [6.45, 7) is 7.17. The van der Waals surface area contributed by atoms with Crippen LogP contribution >= 0.6 is 0 Å². The van der Waals surface area contributed by atoms with E-state index in [1.807, 2.05) is 6.92 Å². The van der Waals surface area contributed by atoms with E-state index < -0.39 is 0 Å². The fourth-order valence-corrected chi connectivity index (χ4v) is 2.77. The molecule has 1 aliphatic carbocycles. The first-order chi connectivity index (χ1) is 7.60. The second kappa shape index (κ2) is 6.61. The van der Waals surface area contributed by atoms with Gasteiger partial charge in [-0.2, -0.15) is 0 Å². The van der Waals surface area contributed by atoms with Crippen molar-refractivity contribution in [1.29, 1.82) is 0 Å².